The van der Waals surface area contributed by atoms with E-state index in [9.17, 15) is 9.18 Å². The minimum absolute atomic E-state index is 0.0442. The Kier molecular flexibility index (Phi) is 4.89. The fourth-order valence-corrected chi connectivity index (χ4v) is 4.00. The maximum absolute atomic E-state index is 13.4. The van der Waals surface area contributed by atoms with E-state index in [0.717, 1.165) is 28.4 Å². The molecule has 0 N–H and O–H groups in total. The molecule has 0 atom stereocenters. The number of benzene rings is 1. The fourth-order valence-electron chi connectivity index (χ4n) is 3.11. The van der Waals surface area contributed by atoms with E-state index in [1.807, 2.05) is 23.5 Å². The predicted octanol–water partition coefficient (Wildman–Crippen LogP) is 5.84. The number of fused-ring (bicyclic) bond motifs is 3. The third-order valence-corrected chi connectivity index (χ3v) is 5.78. The monoisotopic (exact) mass is 393 g/mol. The molecule has 0 aliphatic carbocycles. The number of nitrogens with zero attached hydrogens (tertiary/aromatic N) is 3. The molecule has 0 unspecified atom stereocenters. The topological polar surface area (TPSA) is 47.3 Å². The number of carbonyl (C=O) groups excluding carboxylic acids is 1. The first-order chi connectivity index (χ1) is 13.5. The maximum atomic E-state index is 13.4. The Morgan fingerprint density at radius 2 is 1.79 bits per heavy atom. The first kappa shape index (κ1) is 18.6. The summed E-state index contributed by atoms with van der Waals surface area (Å²) in [6.45, 7) is 6.13. The molecule has 6 heteroatoms. The van der Waals surface area contributed by atoms with Crippen molar-refractivity contribution in [1.29, 1.82) is 0 Å². The van der Waals surface area contributed by atoms with Crippen molar-refractivity contribution < 1.29 is 9.18 Å². The van der Waals surface area contributed by atoms with Crippen LogP contribution in [0.25, 0.3) is 28.1 Å². The Morgan fingerprint density at radius 1 is 1.07 bits per heavy atom. The molecule has 4 aromatic rings. The van der Waals surface area contributed by atoms with E-state index in [-0.39, 0.29) is 10.9 Å². The van der Waals surface area contributed by atoms with Crippen LogP contribution < -0.4 is 0 Å². The quantitative estimate of drug-likeness (QED) is 0.409. The highest BCUT2D eigenvalue weighted by Gasteiger charge is 2.21. The smallest absolute Gasteiger partial charge is 0.236 e. The van der Waals surface area contributed by atoms with Crippen LogP contribution >= 0.6 is 11.8 Å². The van der Waals surface area contributed by atoms with E-state index >= 15 is 0 Å². The zero-order chi connectivity index (χ0) is 19.8. The molecule has 2 aromatic carbocycles. The number of halogens is 1. The second kappa shape index (κ2) is 7.36. The van der Waals surface area contributed by atoms with Gasteiger partial charge in [-0.25, -0.2) is 14.4 Å². The lowest BCUT2D eigenvalue weighted by atomic mass is 10.1. The molecule has 0 spiro atoms. The van der Waals surface area contributed by atoms with Gasteiger partial charge >= 0.3 is 0 Å². The van der Waals surface area contributed by atoms with E-state index in [1.54, 1.807) is 12.1 Å². The summed E-state index contributed by atoms with van der Waals surface area (Å²) in [5.74, 6) is 0.635. The van der Waals surface area contributed by atoms with E-state index in [2.05, 4.69) is 35.9 Å². The first-order valence-electron chi connectivity index (χ1n) is 9.26. The van der Waals surface area contributed by atoms with Crippen molar-refractivity contribution in [2.75, 3.05) is 0 Å². The van der Waals surface area contributed by atoms with Gasteiger partial charge in [0.25, 0.3) is 0 Å². The van der Waals surface area contributed by atoms with Crippen LogP contribution in [-0.4, -0.2) is 19.5 Å². The summed E-state index contributed by atoms with van der Waals surface area (Å²) in [6.07, 6.45) is 0.415. The minimum atomic E-state index is -0.308. The van der Waals surface area contributed by atoms with Gasteiger partial charge in [0.05, 0.1) is 11.0 Å². The molecule has 0 radical (unpaired) electrons. The van der Waals surface area contributed by atoms with Gasteiger partial charge in [0.15, 0.2) is 5.12 Å². The Balaban J connectivity index is 1.99. The normalized spacial score (nSPS) is 11.6. The van der Waals surface area contributed by atoms with Crippen molar-refractivity contribution in [3.63, 3.8) is 0 Å². The average Bonchev–Trinajstić information content (AvgIpc) is 3.10. The van der Waals surface area contributed by atoms with Crippen molar-refractivity contribution in [2.45, 2.75) is 38.1 Å². The standard InChI is InChI=1S/C22H20FN3OS/c1-4-19(27)28-21-20(15-5-9-16(23)10-6-15)25-22-24-17-11-7-14(13(2)3)8-12-18(17)26(21)22/h5-13H,4H2,1-3H3. The molecule has 4 rings (SSSR count). The van der Waals surface area contributed by atoms with Gasteiger partial charge in [0.1, 0.15) is 16.5 Å². The first-order valence-corrected chi connectivity index (χ1v) is 10.1. The molecule has 0 aliphatic rings. The van der Waals surface area contributed by atoms with Gasteiger partial charge in [-0.3, -0.25) is 9.20 Å². The van der Waals surface area contributed by atoms with E-state index in [1.165, 1.54) is 17.7 Å². The minimum Gasteiger partial charge on any atom is -0.287 e. The van der Waals surface area contributed by atoms with Crippen LogP contribution in [-0.2, 0) is 4.79 Å². The summed E-state index contributed by atoms with van der Waals surface area (Å²) in [5, 5.41) is 0.760. The van der Waals surface area contributed by atoms with Gasteiger partial charge in [-0.2, -0.15) is 0 Å². The van der Waals surface area contributed by atoms with E-state index in [0.29, 0.717) is 28.8 Å². The number of aromatic nitrogens is 3. The molecular formula is C22H20FN3OS. The molecule has 2 aromatic heterocycles. The molecule has 0 saturated carbocycles. The fraction of sp³-hybridized carbons (Fsp3) is 0.227. The Morgan fingerprint density at radius 3 is 2.46 bits per heavy atom. The average molecular weight is 393 g/mol. The zero-order valence-electron chi connectivity index (χ0n) is 15.9. The van der Waals surface area contributed by atoms with Crippen LogP contribution in [0.15, 0.2) is 53.6 Å². The van der Waals surface area contributed by atoms with Gasteiger partial charge in [-0.1, -0.05) is 32.9 Å². The summed E-state index contributed by atoms with van der Waals surface area (Å²) in [6, 6.07) is 14.3. The van der Waals surface area contributed by atoms with Crippen molar-refractivity contribution in [3.05, 3.63) is 59.9 Å². The van der Waals surface area contributed by atoms with Crippen LogP contribution in [0, 0.1) is 5.82 Å². The summed E-state index contributed by atoms with van der Waals surface area (Å²) >= 11 is 1.16. The Hall–Kier alpha value is -2.73. The van der Waals surface area contributed by atoms with Crippen LogP contribution in [0.5, 0.6) is 0 Å². The molecule has 0 fully saturated rings. The molecular weight excluding hydrogens is 373 g/mol. The van der Waals surface area contributed by atoms with Gasteiger partial charge in [0.2, 0.25) is 5.78 Å². The second-order valence-corrected chi connectivity index (χ2v) is 7.99. The lowest BCUT2D eigenvalue weighted by molar-refractivity contribution is -0.110. The third-order valence-electron chi connectivity index (χ3n) is 4.69. The molecule has 0 bridgehead atoms. The predicted molar refractivity (Wildman–Crippen MR) is 111 cm³/mol. The highest BCUT2D eigenvalue weighted by molar-refractivity contribution is 8.13. The van der Waals surface area contributed by atoms with Crippen LogP contribution in [0.1, 0.15) is 38.7 Å². The highest BCUT2D eigenvalue weighted by Crippen LogP contribution is 2.35. The number of thioether (sulfide) groups is 1. The van der Waals surface area contributed by atoms with Crippen molar-refractivity contribution in [3.8, 4) is 11.3 Å². The number of hydrogen-bond donors (Lipinski definition) is 0. The van der Waals surface area contributed by atoms with Crippen molar-refractivity contribution >= 4 is 33.7 Å². The lowest BCUT2D eigenvalue weighted by Gasteiger charge is -2.03. The number of hydrogen-bond acceptors (Lipinski definition) is 4. The highest BCUT2D eigenvalue weighted by atomic mass is 32.2. The molecule has 142 valence electrons. The van der Waals surface area contributed by atoms with Gasteiger partial charge in [-0.05, 0) is 59.6 Å². The summed E-state index contributed by atoms with van der Waals surface area (Å²) < 4.78 is 15.3. The molecule has 2 heterocycles. The molecule has 28 heavy (non-hydrogen) atoms. The maximum Gasteiger partial charge on any atom is 0.236 e. The van der Waals surface area contributed by atoms with E-state index < -0.39 is 0 Å². The number of imidazole rings is 2. The Labute approximate surface area is 166 Å². The van der Waals surface area contributed by atoms with Gasteiger partial charge in [0, 0.05) is 12.0 Å². The van der Waals surface area contributed by atoms with Gasteiger partial charge in [-0.15, -0.1) is 0 Å². The van der Waals surface area contributed by atoms with Crippen LogP contribution in [0.3, 0.4) is 0 Å². The van der Waals surface area contributed by atoms with Crippen LogP contribution in [0.2, 0.25) is 0 Å². The zero-order valence-corrected chi connectivity index (χ0v) is 16.8. The molecule has 0 aliphatic heterocycles. The van der Waals surface area contributed by atoms with Crippen molar-refractivity contribution in [2.24, 2.45) is 0 Å². The molecule has 0 saturated heterocycles. The SMILES string of the molecule is CCC(=O)Sc1c(-c2ccc(F)cc2)nc2nc3ccc(C(C)C)ccc3n12. The number of carbonyl (C=O) groups is 1. The van der Waals surface area contributed by atoms with Crippen molar-refractivity contribution in [1.82, 2.24) is 14.4 Å². The van der Waals surface area contributed by atoms with E-state index in [4.69, 9.17) is 0 Å². The second-order valence-electron chi connectivity index (χ2n) is 6.94. The lowest BCUT2D eigenvalue weighted by Crippen LogP contribution is -1.92. The summed E-state index contributed by atoms with van der Waals surface area (Å²) in [4.78, 5) is 21.6. The summed E-state index contributed by atoms with van der Waals surface area (Å²) in [7, 11) is 0. The van der Waals surface area contributed by atoms with Gasteiger partial charge < -0.3 is 0 Å². The Bertz CT molecular complexity index is 1180. The molecule has 0 amide bonds. The molecule has 4 nitrogen and oxygen atoms in total. The largest absolute Gasteiger partial charge is 0.287 e. The summed E-state index contributed by atoms with van der Waals surface area (Å²) in [5.41, 5.74) is 4.34. The third kappa shape index (κ3) is 3.29. The van der Waals surface area contributed by atoms with Crippen LogP contribution in [0.4, 0.5) is 4.39 Å². The number of rotatable bonds is 4.